The quantitative estimate of drug-likeness (QED) is 0.773. The molecule has 84 valence electrons. The van der Waals surface area contributed by atoms with Gasteiger partial charge in [-0.05, 0) is 17.7 Å². The number of imidazole rings is 1. The van der Waals surface area contributed by atoms with Gasteiger partial charge in [0.15, 0.2) is 0 Å². The smallest absolute Gasteiger partial charge is 0.261 e. The van der Waals surface area contributed by atoms with Crippen LogP contribution in [0, 0.1) is 0 Å². The number of hydrogen-bond acceptors (Lipinski definition) is 3. The molecule has 0 fully saturated rings. The maximum atomic E-state index is 11.0. The van der Waals surface area contributed by atoms with E-state index in [4.69, 9.17) is 10.7 Å². The average Bonchev–Trinajstić information content (AvgIpc) is 2.63. The molecule has 2 aromatic rings. The van der Waals surface area contributed by atoms with Crippen LogP contribution in [0.15, 0.2) is 41.7 Å². The van der Waals surface area contributed by atoms with Crippen LogP contribution in [0.25, 0.3) is 11.3 Å². The minimum Gasteiger partial charge on any atom is -0.334 e. The van der Waals surface area contributed by atoms with Gasteiger partial charge in [0.2, 0.25) is 0 Å². The largest absolute Gasteiger partial charge is 0.334 e. The fraction of sp³-hybridized carbons (Fsp3) is 0.100. The predicted octanol–water partition coefficient (Wildman–Crippen LogP) is 2.01. The second-order valence-corrected chi connectivity index (χ2v) is 5.92. The van der Waals surface area contributed by atoms with Crippen LogP contribution >= 0.6 is 10.7 Å². The second kappa shape index (κ2) is 3.92. The molecule has 16 heavy (non-hydrogen) atoms. The maximum Gasteiger partial charge on any atom is 0.261 e. The van der Waals surface area contributed by atoms with Crippen molar-refractivity contribution in [1.82, 2.24) is 9.55 Å². The number of hydrogen-bond donors (Lipinski definition) is 0. The molecule has 0 saturated carbocycles. The second-order valence-electron chi connectivity index (χ2n) is 3.35. The van der Waals surface area contributed by atoms with Crippen molar-refractivity contribution >= 4 is 19.7 Å². The highest BCUT2D eigenvalue weighted by Gasteiger charge is 2.10. The Labute approximate surface area is 97.9 Å². The molecule has 1 aromatic carbocycles. The SMILES string of the molecule is Cn1cncc1-c1ccc(S(=O)(=O)Cl)cc1. The summed E-state index contributed by atoms with van der Waals surface area (Å²) in [4.78, 5) is 4.09. The molecule has 0 saturated heterocycles. The van der Waals surface area contributed by atoms with Crippen LogP contribution in [0.3, 0.4) is 0 Å². The maximum absolute atomic E-state index is 11.0. The first kappa shape index (κ1) is 11.2. The Kier molecular flexibility index (Phi) is 2.73. The molecule has 6 heteroatoms. The fourth-order valence-corrected chi connectivity index (χ4v) is 2.19. The number of benzene rings is 1. The van der Waals surface area contributed by atoms with Crippen LogP contribution in [0.1, 0.15) is 0 Å². The minimum absolute atomic E-state index is 0.0973. The van der Waals surface area contributed by atoms with E-state index in [0.29, 0.717) is 0 Å². The Morgan fingerprint density at radius 1 is 1.25 bits per heavy atom. The van der Waals surface area contributed by atoms with Crippen LogP contribution in [0.4, 0.5) is 0 Å². The summed E-state index contributed by atoms with van der Waals surface area (Å²) < 4.78 is 23.9. The molecular formula is C10H9ClN2O2S. The Balaban J connectivity index is 2.45. The van der Waals surface area contributed by atoms with E-state index in [1.165, 1.54) is 12.1 Å². The van der Waals surface area contributed by atoms with E-state index >= 15 is 0 Å². The van der Waals surface area contributed by atoms with Crippen molar-refractivity contribution in [2.24, 2.45) is 7.05 Å². The van der Waals surface area contributed by atoms with Gasteiger partial charge in [0, 0.05) is 17.7 Å². The summed E-state index contributed by atoms with van der Waals surface area (Å²) >= 11 is 0. The van der Waals surface area contributed by atoms with Gasteiger partial charge in [-0.3, -0.25) is 0 Å². The third-order valence-electron chi connectivity index (χ3n) is 2.25. The molecular weight excluding hydrogens is 248 g/mol. The van der Waals surface area contributed by atoms with Crippen molar-refractivity contribution in [3.8, 4) is 11.3 Å². The zero-order valence-corrected chi connectivity index (χ0v) is 10.0. The Hall–Kier alpha value is -1.33. The lowest BCUT2D eigenvalue weighted by Gasteiger charge is -2.02. The first-order chi connectivity index (χ1) is 7.48. The average molecular weight is 257 g/mol. The summed E-state index contributed by atoms with van der Waals surface area (Å²) in [6.07, 6.45) is 3.39. The third kappa shape index (κ3) is 2.10. The monoisotopic (exact) mass is 256 g/mol. The molecule has 4 nitrogen and oxygen atoms in total. The Bertz CT molecular complexity index is 602. The van der Waals surface area contributed by atoms with Crippen molar-refractivity contribution in [3.63, 3.8) is 0 Å². The third-order valence-corrected chi connectivity index (χ3v) is 3.62. The summed E-state index contributed by atoms with van der Waals surface area (Å²) in [6, 6.07) is 6.36. The molecule has 0 bridgehead atoms. The zero-order chi connectivity index (χ0) is 11.8. The van der Waals surface area contributed by atoms with Crippen LogP contribution in [-0.2, 0) is 16.1 Å². The van der Waals surface area contributed by atoms with Crippen molar-refractivity contribution < 1.29 is 8.42 Å². The van der Waals surface area contributed by atoms with Gasteiger partial charge in [-0.15, -0.1) is 0 Å². The Morgan fingerprint density at radius 2 is 1.88 bits per heavy atom. The molecule has 2 rings (SSSR count). The number of rotatable bonds is 2. The number of aryl methyl sites for hydroxylation is 1. The molecule has 0 aliphatic rings. The Morgan fingerprint density at radius 3 is 2.31 bits per heavy atom. The van der Waals surface area contributed by atoms with E-state index in [0.717, 1.165) is 11.3 Å². The van der Waals surface area contributed by atoms with Crippen molar-refractivity contribution in [2.45, 2.75) is 4.90 Å². The predicted molar refractivity (Wildman–Crippen MR) is 61.7 cm³/mol. The van der Waals surface area contributed by atoms with Crippen molar-refractivity contribution in [2.75, 3.05) is 0 Å². The van der Waals surface area contributed by atoms with Crippen LogP contribution in [-0.4, -0.2) is 18.0 Å². The van der Waals surface area contributed by atoms with Gasteiger partial charge in [0.25, 0.3) is 9.05 Å². The summed E-state index contributed by atoms with van der Waals surface area (Å²) in [5.74, 6) is 0. The van der Waals surface area contributed by atoms with E-state index in [1.54, 1.807) is 24.7 Å². The van der Waals surface area contributed by atoms with Gasteiger partial charge in [-0.2, -0.15) is 0 Å². The van der Waals surface area contributed by atoms with E-state index in [9.17, 15) is 8.42 Å². The van der Waals surface area contributed by atoms with E-state index in [2.05, 4.69) is 4.98 Å². The van der Waals surface area contributed by atoms with Crippen LogP contribution < -0.4 is 0 Å². The lowest BCUT2D eigenvalue weighted by molar-refractivity contribution is 0.609. The molecule has 1 aromatic heterocycles. The van der Waals surface area contributed by atoms with Crippen molar-refractivity contribution in [3.05, 3.63) is 36.8 Å². The van der Waals surface area contributed by atoms with Gasteiger partial charge in [-0.1, -0.05) is 12.1 Å². The van der Waals surface area contributed by atoms with E-state index in [-0.39, 0.29) is 4.90 Å². The fourth-order valence-electron chi connectivity index (χ4n) is 1.42. The highest BCUT2D eigenvalue weighted by molar-refractivity contribution is 8.13. The van der Waals surface area contributed by atoms with E-state index < -0.39 is 9.05 Å². The molecule has 0 spiro atoms. The first-order valence-electron chi connectivity index (χ1n) is 4.50. The normalized spacial score (nSPS) is 11.6. The number of nitrogens with zero attached hydrogens (tertiary/aromatic N) is 2. The summed E-state index contributed by atoms with van der Waals surface area (Å²) in [7, 11) is 3.44. The topological polar surface area (TPSA) is 52.0 Å². The molecule has 0 aliphatic heterocycles. The van der Waals surface area contributed by atoms with Crippen LogP contribution in [0.5, 0.6) is 0 Å². The highest BCUT2D eigenvalue weighted by Crippen LogP contribution is 2.21. The molecule has 0 atom stereocenters. The van der Waals surface area contributed by atoms with E-state index in [1.807, 2.05) is 11.6 Å². The number of halogens is 1. The van der Waals surface area contributed by atoms with Gasteiger partial charge in [0.1, 0.15) is 0 Å². The zero-order valence-electron chi connectivity index (χ0n) is 8.46. The molecule has 0 unspecified atom stereocenters. The summed E-state index contributed by atoms with van der Waals surface area (Å²) in [6.45, 7) is 0. The highest BCUT2D eigenvalue weighted by atomic mass is 35.7. The molecule has 0 radical (unpaired) electrons. The lowest BCUT2D eigenvalue weighted by Crippen LogP contribution is -1.92. The molecule has 0 aliphatic carbocycles. The summed E-state index contributed by atoms with van der Waals surface area (Å²) in [5.41, 5.74) is 1.81. The van der Waals surface area contributed by atoms with Gasteiger partial charge in [-0.25, -0.2) is 13.4 Å². The van der Waals surface area contributed by atoms with Gasteiger partial charge >= 0.3 is 0 Å². The van der Waals surface area contributed by atoms with Crippen molar-refractivity contribution in [1.29, 1.82) is 0 Å². The molecule has 0 amide bonds. The lowest BCUT2D eigenvalue weighted by atomic mass is 10.2. The summed E-state index contributed by atoms with van der Waals surface area (Å²) in [5, 5.41) is 0. The minimum atomic E-state index is -3.65. The number of aromatic nitrogens is 2. The standard InChI is InChI=1S/C10H9ClN2O2S/c1-13-7-12-6-10(13)8-2-4-9(5-3-8)16(11,14)15/h2-7H,1H3. The first-order valence-corrected chi connectivity index (χ1v) is 6.81. The molecule has 0 N–H and O–H groups in total. The van der Waals surface area contributed by atoms with Crippen LogP contribution in [0.2, 0.25) is 0 Å². The van der Waals surface area contributed by atoms with Gasteiger partial charge in [0.05, 0.1) is 23.1 Å². The molecule has 1 heterocycles. The van der Waals surface area contributed by atoms with Gasteiger partial charge < -0.3 is 4.57 Å².